The van der Waals surface area contributed by atoms with E-state index < -0.39 is 11.4 Å². The topological polar surface area (TPSA) is 40.5 Å². The van der Waals surface area contributed by atoms with Crippen LogP contribution in [-0.4, -0.2) is 36.6 Å². The number of carboxylic acid groups (broad SMARTS) is 1. The van der Waals surface area contributed by atoms with Crippen LogP contribution in [-0.2, 0) is 10.2 Å². The highest BCUT2D eigenvalue weighted by atomic mass is 16.4. The van der Waals surface area contributed by atoms with Crippen LogP contribution in [0.2, 0.25) is 0 Å². The van der Waals surface area contributed by atoms with E-state index in [9.17, 15) is 9.90 Å². The van der Waals surface area contributed by atoms with Crippen molar-refractivity contribution in [3.63, 3.8) is 0 Å². The van der Waals surface area contributed by atoms with Crippen molar-refractivity contribution >= 4 is 5.97 Å². The molecule has 1 N–H and O–H groups in total. The molecule has 86 valence electrons. The summed E-state index contributed by atoms with van der Waals surface area (Å²) >= 11 is 0. The predicted molar refractivity (Wildman–Crippen MR) is 62.4 cm³/mol. The Hall–Kier alpha value is -1.35. The highest BCUT2D eigenvalue weighted by molar-refractivity contribution is 5.85. The molecule has 16 heavy (non-hydrogen) atoms. The Labute approximate surface area is 95.7 Å². The van der Waals surface area contributed by atoms with E-state index in [1.165, 1.54) is 0 Å². The van der Waals surface area contributed by atoms with Crippen LogP contribution in [0.25, 0.3) is 0 Å². The molecule has 0 bridgehead atoms. The molecule has 2 atom stereocenters. The fourth-order valence-electron chi connectivity index (χ4n) is 2.47. The van der Waals surface area contributed by atoms with Crippen LogP contribution in [0.1, 0.15) is 12.0 Å². The SMILES string of the molecule is CN(C)C[C@H]1C[C@]1(C(=O)O)c1ccccc1. The first kappa shape index (κ1) is 11.1. The molecule has 0 unspecified atom stereocenters. The Morgan fingerprint density at radius 3 is 2.56 bits per heavy atom. The lowest BCUT2D eigenvalue weighted by atomic mass is 9.93. The molecule has 1 aromatic rings. The maximum Gasteiger partial charge on any atom is 0.314 e. The number of hydrogen-bond donors (Lipinski definition) is 1. The van der Waals surface area contributed by atoms with Gasteiger partial charge in [-0.25, -0.2) is 0 Å². The molecule has 0 amide bonds. The summed E-state index contributed by atoms with van der Waals surface area (Å²) in [7, 11) is 3.96. The third kappa shape index (κ3) is 1.71. The molecule has 3 heteroatoms. The van der Waals surface area contributed by atoms with E-state index in [1.807, 2.05) is 44.4 Å². The van der Waals surface area contributed by atoms with Crippen LogP contribution < -0.4 is 0 Å². The van der Waals surface area contributed by atoms with E-state index in [2.05, 4.69) is 4.90 Å². The van der Waals surface area contributed by atoms with Crippen molar-refractivity contribution in [1.82, 2.24) is 4.90 Å². The van der Waals surface area contributed by atoms with E-state index in [4.69, 9.17) is 0 Å². The van der Waals surface area contributed by atoms with E-state index in [0.717, 1.165) is 18.5 Å². The number of carbonyl (C=O) groups is 1. The Bertz CT molecular complexity index is 388. The number of nitrogens with zero attached hydrogens (tertiary/aromatic N) is 1. The van der Waals surface area contributed by atoms with Crippen LogP contribution >= 0.6 is 0 Å². The largest absolute Gasteiger partial charge is 0.481 e. The summed E-state index contributed by atoms with van der Waals surface area (Å²) in [6, 6.07) is 9.58. The fraction of sp³-hybridized carbons (Fsp3) is 0.462. The average molecular weight is 219 g/mol. The van der Waals surface area contributed by atoms with Crippen LogP contribution in [0.5, 0.6) is 0 Å². The number of aliphatic carboxylic acids is 1. The van der Waals surface area contributed by atoms with Crippen LogP contribution in [0.3, 0.4) is 0 Å². The van der Waals surface area contributed by atoms with Gasteiger partial charge in [-0.05, 0) is 32.0 Å². The van der Waals surface area contributed by atoms with Gasteiger partial charge >= 0.3 is 5.97 Å². The minimum atomic E-state index is -0.689. The smallest absolute Gasteiger partial charge is 0.314 e. The molecule has 1 fully saturated rings. The molecule has 3 nitrogen and oxygen atoms in total. The van der Waals surface area contributed by atoms with Crippen LogP contribution in [0.4, 0.5) is 0 Å². The van der Waals surface area contributed by atoms with Gasteiger partial charge in [-0.2, -0.15) is 0 Å². The zero-order chi connectivity index (χ0) is 11.8. The standard InChI is InChI=1S/C13H17NO2/c1-14(2)9-11-8-13(11,12(15)16)10-6-4-3-5-7-10/h3-7,11H,8-9H2,1-2H3,(H,15,16)/t11-,13+/m1/s1. The molecule has 0 heterocycles. The number of hydrogen-bond acceptors (Lipinski definition) is 2. The van der Waals surface area contributed by atoms with Gasteiger partial charge in [0.2, 0.25) is 0 Å². The molecule has 0 radical (unpaired) electrons. The molecule has 0 aliphatic heterocycles. The lowest BCUT2D eigenvalue weighted by Crippen LogP contribution is -2.27. The van der Waals surface area contributed by atoms with Crippen LogP contribution in [0.15, 0.2) is 30.3 Å². The van der Waals surface area contributed by atoms with Crippen LogP contribution in [0, 0.1) is 5.92 Å². The summed E-state index contributed by atoms with van der Waals surface area (Å²) in [5.41, 5.74) is 0.306. The van der Waals surface area contributed by atoms with Crippen molar-refractivity contribution in [2.24, 2.45) is 5.92 Å². The first-order valence-corrected chi connectivity index (χ1v) is 5.51. The highest BCUT2D eigenvalue weighted by Gasteiger charge is 2.61. The Morgan fingerprint density at radius 1 is 1.44 bits per heavy atom. The molecule has 1 saturated carbocycles. The zero-order valence-electron chi connectivity index (χ0n) is 9.68. The summed E-state index contributed by atoms with van der Waals surface area (Å²) in [6.45, 7) is 0.835. The second kappa shape index (κ2) is 3.91. The van der Waals surface area contributed by atoms with Crippen molar-refractivity contribution in [1.29, 1.82) is 0 Å². The summed E-state index contributed by atoms with van der Waals surface area (Å²) in [5, 5.41) is 9.42. The molecule has 0 spiro atoms. The minimum absolute atomic E-state index is 0.238. The van der Waals surface area contributed by atoms with Crippen molar-refractivity contribution in [3.8, 4) is 0 Å². The molecular formula is C13H17NO2. The summed E-state index contributed by atoms with van der Waals surface area (Å²) in [6.07, 6.45) is 0.754. The summed E-state index contributed by atoms with van der Waals surface area (Å²) < 4.78 is 0. The maximum absolute atomic E-state index is 11.5. The highest BCUT2D eigenvalue weighted by Crippen LogP contribution is 2.54. The van der Waals surface area contributed by atoms with E-state index in [0.29, 0.717) is 0 Å². The van der Waals surface area contributed by atoms with Gasteiger partial charge in [-0.3, -0.25) is 4.79 Å². The molecular weight excluding hydrogens is 202 g/mol. The quantitative estimate of drug-likeness (QED) is 0.836. The third-order valence-electron chi connectivity index (χ3n) is 3.36. The Kier molecular flexibility index (Phi) is 2.72. The molecule has 0 aromatic heterocycles. The molecule has 1 aliphatic rings. The third-order valence-corrected chi connectivity index (χ3v) is 3.36. The van der Waals surface area contributed by atoms with Crippen molar-refractivity contribution < 1.29 is 9.90 Å². The lowest BCUT2D eigenvalue weighted by molar-refractivity contribution is -0.140. The van der Waals surface area contributed by atoms with Gasteiger partial charge in [0.25, 0.3) is 0 Å². The first-order valence-electron chi connectivity index (χ1n) is 5.51. The van der Waals surface area contributed by atoms with Gasteiger partial charge in [-0.15, -0.1) is 0 Å². The van der Waals surface area contributed by atoms with Gasteiger partial charge in [-0.1, -0.05) is 30.3 Å². The average Bonchev–Trinajstić information content (AvgIpc) is 2.94. The van der Waals surface area contributed by atoms with Gasteiger partial charge in [0.05, 0.1) is 5.41 Å². The van der Waals surface area contributed by atoms with Crippen molar-refractivity contribution in [2.75, 3.05) is 20.6 Å². The van der Waals surface area contributed by atoms with Crippen molar-refractivity contribution in [2.45, 2.75) is 11.8 Å². The monoisotopic (exact) mass is 219 g/mol. The normalized spacial score (nSPS) is 28.1. The lowest BCUT2D eigenvalue weighted by Gasteiger charge is -2.15. The van der Waals surface area contributed by atoms with E-state index >= 15 is 0 Å². The second-order valence-corrected chi connectivity index (χ2v) is 4.81. The minimum Gasteiger partial charge on any atom is -0.481 e. The molecule has 1 aromatic carbocycles. The Balaban J connectivity index is 2.25. The van der Waals surface area contributed by atoms with E-state index in [-0.39, 0.29) is 5.92 Å². The van der Waals surface area contributed by atoms with Gasteiger partial charge in [0.15, 0.2) is 0 Å². The molecule has 2 rings (SSSR count). The predicted octanol–water partition coefficient (Wildman–Crippen LogP) is 1.59. The van der Waals surface area contributed by atoms with Gasteiger partial charge in [0, 0.05) is 6.54 Å². The summed E-state index contributed by atoms with van der Waals surface area (Å²) in [5.74, 6) is -0.451. The van der Waals surface area contributed by atoms with Gasteiger partial charge < -0.3 is 10.0 Å². The maximum atomic E-state index is 11.5. The number of benzene rings is 1. The Morgan fingerprint density at radius 2 is 2.06 bits per heavy atom. The summed E-state index contributed by atoms with van der Waals surface area (Å²) in [4.78, 5) is 13.5. The van der Waals surface area contributed by atoms with Gasteiger partial charge in [0.1, 0.15) is 0 Å². The fourth-order valence-corrected chi connectivity index (χ4v) is 2.47. The molecule has 1 aliphatic carbocycles. The van der Waals surface area contributed by atoms with E-state index in [1.54, 1.807) is 0 Å². The number of rotatable bonds is 4. The second-order valence-electron chi connectivity index (χ2n) is 4.81. The number of carboxylic acids is 1. The zero-order valence-corrected chi connectivity index (χ0v) is 9.68. The van der Waals surface area contributed by atoms with Crippen molar-refractivity contribution in [3.05, 3.63) is 35.9 Å². The molecule has 0 saturated heterocycles. The first-order chi connectivity index (χ1) is 7.57.